The van der Waals surface area contributed by atoms with E-state index in [1.165, 1.54) is 0 Å². The van der Waals surface area contributed by atoms with Crippen molar-refractivity contribution < 1.29 is 5.11 Å². The molecule has 4 heteroatoms. The number of nitriles is 1. The Bertz CT molecular complexity index is 435. The molecule has 0 aromatic heterocycles. The number of aliphatic hydroxyl groups is 1. The minimum absolute atomic E-state index is 0.0229. The van der Waals surface area contributed by atoms with Crippen LogP contribution in [-0.4, -0.2) is 18.3 Å². The second-order valence-electron chi connectivity index (χ2n) is 4.29. The van der Waals surface area contributed by atoms with Crippen LogP contribution in [0.25, 0.3) is 0 Å². The van der Waals surface area contributed by atoms with E-state index in [4.69, 9.17) is 16.9 Å². The summed E-state index contributed by atoms with van der Waals surface area (Å²) in [5, 5.41) is 21.8. The van der Waals surface area contributed by atoms with Gasteiger partial charge in [-0.05, 0) is 25.0 Å². The van der Waals surface area contributed by atoms with Crippen molar-refractivity contribution in [3.63, 3.8) is 0 Å². The molecule has 0 saturated heterocycles. The van der Waals surface area contributed by atoms with Crippen LogP contribution in [0, 0.1) is 16.7 Å². The Morgan fingerprint density at radius 2 is 2.25 bits per heavy atom. The SMILES string of the molecule is N#Cc1c(Cl)cccc1NCC1(CO)CC1. The van der Waals surface area contributed by atoms with Crippen molar-refractivity contribution in [1.29, 1.82) is 5.26 Å². The first kappa shape index (κ1) is 11.3. The average molecular weight is 237 g/mol. The van der Waals surface area contributed by atoms with Gasteiger partial charge >= 0.3 is 0 Å². The quantitative estimate of drug-likeness (QED) is 0.844. The molecule has 0 spiro atoms. The van der Waals surface area contributed by atoms with Crippen molar-refractivity contribution in [2.45, 2.75) is 12.8 Å². The summed E-state index contributed by atoms with van der Waals surface area (Å²) in [4.78, 5) is 0. The van der Waals surface area contributed by atoms with Gasteiger partial charge in [0.1, 0.15) is 6.07 Å². The van der Waals surface area contributed by atoms with Crippen molar-refractivity contribution >= 4 is 17.3 Å². The minimum Gasteiger partial charge on any atom is -0.396 e. The Kier molecular flexibility index (Phi) is 3.04. The highest BCUT2D eigenvalue weighted by Gasteiger charge is 2.41. The average Bonchev–Trinajstić information content (AvgIpc) is 3.07. The second kappa shape index (κ2) is 4.32. The van der Waals surface area contributed by atoms with Gasteiger partial charge in [0.25, 0.3) is 0 Å². The van der Waals surface area contributed by atoms with Crippen molar-refractivity contribution in [2.24, 2.45) is 5.41 Å². The summed E-state index contributed by atoms with van der Waals surface area (Å²) in [6.45, 7) is 0.890. The van der Waals surface area contributed by atoms with Gasteiger partial charge in [-0.1, -0.05) is 17.7 Å². The van der Waals surface area contributed by atoms with Gasteiger partial charge < -0.3 is 10.4 Å². The van der Waals surface area contributed by atoms with E-state index in [0.29, 0.717) is 17.1 Å². The third-order valence-electron chi connectivity index (χ3n) is 3.07. The van der Waals surface area contributed by atoms with Crippen LogP contribution in [0.15, 0.2) is 18.2 Å². The van der Waals surface area contributed by atoms with Gasteiger partial charge in [0.15, 0.2) is 0 Å². The molecule has 1 aromatic carbocycles. The van der Waals surface area contributed by atoms with Gasteiger partial charge in [-0.15, -0.1) is 0 Å². The second-order valence-corrected chi connectivity index (χ2v) is 4.69. The maximum atomic E-state index is 9.18. The molecule has 84 valence electrons. The van der Waals surface area contributed by atoms with E-state index in [1.54, 1.807) is 6.07 Å². The normalized spacial score (nSPS) is 16.6. The summed E-state index contributed by atoms with van der Waals surface area (Å²) in [6, 6.07) is 7.42. The smallest absolute Gasteiger partial charge is 0.103 e. The van der Waals surface area contributed by atoms with E-state index in [2.05, 4.69) is 11.4 Å². The van der Waals surface area contributed by atoms with E-state index in [0.717, 1.165) is 18.5 Å². The third kappa shape index (κ3) is 2.13. The summed E-state index contributed by atoms with van der Waals surface area (Å²) in [6.07, 6.45) is 2.08. The summed E-state index contributed by atoms with van der Waals surface area (Å²) in [7, 11) is 0. The lowest BCUT2D eigenvalue weighted by Crippen LogP contribution is -2.19. The fourth-order valence-electron chi connectivity index (χ4n) is 1.64. The first-order chi connectivity index (χ1) is 7.71. The monoisotopic (exact) mass is 236 g/mol. The van der Waals surface area contributed by atoms with Gasteiger partial charge in [-0.3, -0.25) is 0 Å². The fraction of sp³-hybridized carbons (Fsp3) is 0.417. The van der Waals surface area contributed by atoms with Crippen LogP contribution in [0.5, 0.6) is 0 Å². The maximum absolute atomic E-state index is 9.18. The molecule has 2 rings (SSSR count). The molecule has 1 aromatic rings. The van der Waals surface area contributed by atoms with E-state index in [1.807, 2.05) is 12.1 Å². The number of hydrogen-bond acceptors (Lipinski definition) is 3. The molecule has 3 nitrogen and oxygen atoms in total. The summed E-state index contributed by atoms with van der Waals surface area (Å²) >= 11 is 5.92. The Balaban J connectivity index is 2.10. The van der Waals surface area contributed by atoms with Gasteiger partial charge in [0.05, 0.1) is 22.9 Å². The minimum atomic E-state index is 0.0229. The number of nitrogens with zero attached hydrogens (tertiary/aromatic N) is 1. The molecular formula is C12H13ClN2O. The molecule has 1 saturated carbocycles. The molecule has 0 aliphatic heterocycles. The molecule has 0 radical (unpaired) electrons. The van der Waals surface area contributed by atoms with Gasteiger partial charge in [-0.25, -0.2) is 0 Å². The summed E-state index contributed by atoms with van der Waals surface area (Å²) in [5.74, 6) is 0. The predicted octanol–water partition coefficient (Wildman–Crippen LogP) is 2.40. The molecule has 0 unspecified atom stereocenters. The van der Waals surface area contributed by atoms with Crippen LogP contribution in [0.1, 0.15) is 18.4 Å². The van der Waals surface area contributed by atoms with Gasteiger partial charge in [0.2, 0.25) is 0 Å². The Morgan fingerprint density at radius 1 is 1.50 bits per heavy atom. The summed E-state index contributed by atoms with van der Waals surface area (Å²) in [5.41, 5.74) is 1.24. The van der Waals surface area contributed by atoms with Crippen LogP contribution in [0.2, 0.25) is 5.02 Å². The number of halogens is 1. The van der Waals surface area contributed by atoms with Gasteiger partial charge in [-0.2, -0.15) is 5.26 Å². The highest BCUT2D eigenvalue weighted by molar-refractivity contribution is 6.32. The molecule has 0 bridgehead atoms. The summed E-state index contributed by atoms with van der Waals surface area (Å²) < 4.78 is 0. The topological polar surface area (TPSA) is 56.0 Å². The third-order valence-corrected chi connectivity index (χ3v) is 3.39. The number of nitrogens with one attached hydrogen (secondary N) is 1. The zero-order chi connectivity index (χ0) is 11.6. The number of aliphatic hydroxyl groups excluding tert-OH is 1. The molecule has 0 heterocycles. The highest BCUT2D eigenvalue weighted by Crippen LogP contribution is 2.45. The molecule has 1 aliphatic carbocycles. The lowest BCUT2D eigenvalue weighted by molar-refractivity contribution is 0.220. The largest absolute Gasteiger partial charge is 0.396 e. The number of hydrogen-bond donors (Lipinski definition) is 2. The Morgan fingerprint density at radius 3 is 2.81 bits per heavy atom. The van der Waals surface area contributed by atoms with Crippen molar-refractivity contribution in [1.82, 2.24) is 0 Å². The lowest BCUT2D eigenvalue weighted by atomic mass is 10.1. The first-order valence-electron chi connectivity index (χ1n) is 5.24. The molecule has 0 amide bonds. The van der Waals surface area contributed by atoms with E-state index < -0.39 is 0 Å². The van der Waals surface area contributed by atoms with Crippen LogP contribution in [0.3, 0.4) is 0 Å². The number of anilines is 1. The van der Waals surface area contributed by atoms with E-state index >= 15 is 0 Å². The maximum Gasteiger partial charge on any atom is 0.103 e. The van der Waals surface area contributed by atoms with Gasteiger partial charge in [0, 0.05) is 12.0 Å². The standard InChI is InChI=1S/C12H13ClN2O/c13-10-2-1-3-11(9(10)6-14)15-7-12(8-16)4-5-12/h1-3,15-16H,4-5,7-8H2. The molecule has 0 atom stereocenters. The predicted molar refractivity (Wildman–Crippen MR) is 63.4 cm³/mol. The molecular weight excluding hydrogens is 224 g/mol. The number of rotatable bonds is 4. The fourth-order valence-corrected chi connectivity index (χ4v) is 1.85. The zero-order valence-corrected chi connectivity index (χ0v) is 9.59. The van der Waals surface area contributed by atoms with Crippen LogP contribution >= 0.6 is 11.6 Å². The number of benzene rings is 1. The van der Waals surface area contributed by atoms with Crippen LogP contribution in [0.4, 0.5) is 5.69 Å². The van der Waals surface area contributed by atoms with Crippen molar-refractivity contribution in [3.05, 3.63) is 28.8 Å². The Labute approximate surface area is 99.7 Å². The highest BCUT2D eigenvalue weighted by atomic mass is 35.5. The zero-order valence-electron chi connectivity index (χ0n) is 8.83. The van der Waals surface area contributed by atoms with E-state index in [9.17, 15) is 5.11 Å². The molecule has 1 aliphatic rings. The van der Waals surface area contributed by atoms with Crippen molar-refractivity contribution in [2.75, 3.05) is 18.5 Å². The van der Waals surface area contributed by atoms with Crippen molar-refractivity contribution in [3.8, 4) is 6.07 Å². The van der Waals surface area contributed by atoms with Crippen LogP contribution < -0.4 is 5.32 Å². The lowest BCUT2D eigenvalue weighted by Gasteiger charge is -2.15. The molecule has 1 fully saturated rings. The molecule has 16 heavy (non-hydrogen) atoms. The van der Waals surface area contributed by atoms with Crippen LogP contribution in [-0.2, 0) is 0 Å². The van der Waals surface area contributed by atoms with E-state index in [-0.39, 0.29) is 12.0 Å². The first-order valence-corrected chi connectivity index (χ1v) is 5.62. The Hall–Kier alpha value is -1.24. The molecule has 2 N–H and O–H groups in total.